The second-order valence-corrected chi connectivity index (χ2v) is 14.7. The highest BCUT2D eigenvalue weighted by atomic mass is 16.6. The van der Waals surface area contributed by atoms with Crippen molar-refractivity contribution in [1.29, 1.82) is 0 Å². The molecule has 0 spiro atoms. The van der Waals surface area contributed by atoms with Crippen LogP contribution in [0.3, 0.4) is 0 Å². The molecule has 3 aromatic carbocycles. The number of fused-ring (bicyclic) bond motifs is 3. The molecule has 6 heterocycles. The zero-order chi connectivity index (χ0) is 39.9. The van der Waals surface area contributed by atoms with Crippen molar-refractivity contribution in [2.75, 3.05) is 57.4 Å². The Morgan fingerprint density at radius 1 is 0.862 bits per heavy atom. The van der Waals surface area contributed by atoms with Crippen molar-refractivity contribution >= 4 is 34.1 Å². The highest BCUT2D eigenvalue weighted by molar-refractivity contribution is 6.05. The Labute approximate surface area is 332 Å². The van der Waals surface area contributed by atoms with Gasteiger partial charge >= 0.3 is 12.1 Å². The summed E-state index contributed by atoms with van der Waals surface area (Å²) in [6.07, 6.45) is 1.26. The van der Waals surface area contributed by atoms with Gasteiger partial charge in [-0.1, -0.05) is 43.2 Å². The fourth-order valence-electron chi connectivity index (χ4n) is 7.47. The van der Waals surface area contributed by atoms with Crippen molar-refractivity contribution in [2.24, 2.45) is 0 Å². The van der Waals surface area contributed by atoms with Crippen LogP contribution in [0.1, 0.15) is 30.9 Å². The van der Waals surface area contributed by atoms with Crippen molar-refractivity contribution < 1.29 is 34.0 Å². The first kappa shape index (κ1) is 36.8. The zero-order valence-electron chi connectivity index (χ0n) is 31.9. The molecule has 9 rings (SSSR count). The maximum Gasteiger partial charge on any atom is 0.415 e. The van der Waals surface area contributed by atoms with E-state index >= 15 is 0 Å². The molecule has 0 radical (unpaired) electrons. The van der Waals surface area contributed by atoms with Gasteiger partial charge in [0.15, 0.2) is 23.0 Å². The molecule has 0 bridgehead atoms. The molecular formula is C42H41N9O7. The number of ether oxygens (including phenoxy) is 2. The topological polar surface area (TPSA) is 188 Å². The number of amides is 1. The number of piperazine rings is 1. The van der Waals surface area contributed by atoms with Crippen LogP contribution in [0.2, 0.25) is 0 Å². The van der Waals surface area contributed by atoms with Crippen LogP contribution in [0.15, 0.2) is 83.4 Å². The van der Waals surface area contributed by atoms with Crippen LogP contribution >= 0.6 is 0 Å². The van der Waals surface area contributed by atoms with Gasteiger partial charge in [0.25, 0.3) is 0 Å². The molecule has 2 aliphatic rings. The molecule has 2 saturated heterocycles. The van der Waals surface area contributed by atoms with Crippen molar-refractivity contribution in [3.63, 3.8) is 0 Å². The SMILES string of the molecule is CC(C)c1cc(-c2nnc(O)n2-c2ccc(CN3CCN(C(=O)Oc4cccc(-c5nc(N6CCOCC6)c6oc7ncccc7c6n5)c4)CC3)cc2)c(O)cc1O. The fraction of sp³-hybridized carbons (Fsp3) is 0.286. The molecule has 0 atom stereocenters. The van der Waals surface area contributed by atoms with E-state index in [1.165, 1.54) is 10.6 Å². The number of furan rings is 1. The van der Waals surface area contributed by atoms with Crippen LogP contribution in [0.4, 0.5) is 10.6 Å². The minimum atomic E-state index is -0.428. The Morgan fingerprint density at radius 3 is 2.43 bits per heavy atom. The summed E-state index contributed by atoms with van der Waals surface area (Å²) in [7, 11) is 0. The van der Waals surface area contributed by atoms with Gasteiger partial charge in [-0.2, -0.15) is 0 Å². The first-order valence-corrected chi connectivity index (χ1v) is 19.2. The average molecular weight is 784 g/mol. The maximum absolute atomic E-state index is 13.4. The number of rotatable bonds is 8. The number of hydrogen-bond acceptors (Lipinski definition) is 14. The number of nitrogens with zero attached hydrogens (tertiary/aromatic N) is 9. The molecule has 1 amide bonds. The maximum atomic E-state index is 13.4. The molecule has 0 aliphatic carbocycles. The number of aromatic hydroxyl groups is 3. The van der Waals surface area contributed by atoms with Gasteiger partial charge < -0.3 is 39.0 Å². The molecule has 296 valence electrons. The lowest BCUT2D eigenvalue weighted by Crippen LogP contribution is -2.49. The minimum Gasteiger partial charge on any atom is -0.508 e. The van der Waals surface area contributed by atoms with Crippen LogP contribution in [0, 0.1) is 0 Å². The predicted molar refractivity (Wildman–Crippen MR) is 214 cm³/mol. The zero-order valence-corrected chi connectivity index (χ0v) is 31.9. The second kappa shape index (κ2) is 15.3. The summed E-state index contributed by atoms with van der Waals surface area (Å²) in [4.78, 5) is 33.7. The third kappa shape index (κ3) is 7.07. The number of morpholine rings is 1. The highest BCUT2D eigenvalue weighted by Gasteiger charge is 2.26. The molecule has 16 heteroatoms. The highest BCUT2D eigenvalue weighted by Crippen LogP contribution is 2.39. The van der Waals surface area contributed by atoms with Crippen LogP contribution in [0.5, 0.6) is 23.3 Å². The number of hydrogen-bond donors (Lipinski definition) is 3. The van der Waals surface area contributed by atoms with Gasteiger partial charge in [-0.15, -0.1) is 5.10 Å². The first-order chi connectivity index (χ1) is 28.2. The summed E-state index contributed by atoms with van der Waals surface area (Å²) < 4.78 is 19.1. The van der Waals surface area contributed by atoms with Crippen molar-refractivity contribution in [3.8, 4) is 51.7 Å². The molecule has 3 N–H and O–H groups in total. The summed E-state index contributed by atoms with van der Waals surface area (Å²) in [5.74, 6) is 1.60. The van der Waals surface area contributed by atoms with E-state index in [4.69, 9.17) is 23.9 Å². The van der Waals surface area contributed by atoms with Gasteiger partial charge in [-0.25, -0.2) is 24.3 Å². The first-order valence-electron chi connectivity index (χ1n) is 19.2. The lowest BCUT2D eigenvalue weighted by molar-refractivity contribution is 0.108. The van der Waals surface area contributed by atoms with Gasteiger partial charge in [0.1, 0.15) is 22.8 Å². The molecular weight excluding hydrogens is 743 g/mol. The number of pyridine rings is 1. The van der Waals surface area contributed by atoms with E-state index in [1.807, 2.05) is 62.4 Å². The summed E-state index contributed by atoms with van der Waals surface area (Å²) in [5.41, 5.74) is 5.06. The minimum absolute atomic E-state index is 0.00532. The van der Waals surface area contributed by atoms with Gasteiger partial charge in [-0.05, 0) is 59.5 Å². The number of phenolic OH excluding ortho intramolecular Hbond substituents is 2. The quantitative estimate of drug-likeness (QED) is 0.161. The second-order valence-electron chi connectivity index (χ2n) is 14.7. The van der Waals surface area contributed by atoms with Gasteiger partial charge in [-0.3, -0.25) is 4.90 Å². The molecule has 7 aromatic rings. The van der Waals surface area contributed by atoms with Crippen molar-refractivity contribution in [3.05, 3.63) is 90.1 Å². The largest absolute Gasteiger partial charge is 0.508 e. The smallest absolute Gasteiger partial charge is 0.415 e. The monoisotopic (exact) mass is 783 g/mol. The Balaban J connectivity index is 0.853. The lowest BCUT2D eigenvalue weighted by Gasteiger charge is -2.34. The summed E-state index contributed by atoms with van der Waals surface area (Å²) in [6.45, 7) is 9.31. The lowest BCUT2D eigenvalue weighted by atomic mass is 9.98. The van der Waals surface area contributed by atoms with Crippen LogP contribution in [-0.2, 0) is 11.3 Å². The summed E-state index contributed by atoms with van der Waals surface area (Å²) in [6, 6.07) is 21.3. The van der Waals surface area contributed by atoms with E-state index in [1.54, 1.807) is 29.3 Å². The number of aromatic nitrogens is 6. The van der Waals surface area contributed by atoms with E-state index in [0.717, 1.165) is 10.9 Å². The molecule has 2 fully saturated rings. The number of carbonyl (C=O) groups is 1. The Kier molecular flexibility index (Phi) is 9.71. The third-order valence-electron chi connectivity index (χ3n) is 10.6. The molecule has 16 nitrogen and oxygen atoms in total. The van der Waals surface area contributed by atoms with Gasteiger partial charge in [0.05, 0.1) is 29.9 Å². The van der Waals surface area contributed by atoms with Crippen molar-refractivity contribution in [2.45, 2.75) is 26.3 Å². The molecule has 2 aliphatic heterocycles. The van der Waals surface area contributed by atoms with Crippen LogP contribution in [-0.4, -0.2) is 113 Å². The number of anilines is 1. The molecule has 0 saturated carbocycles. The fourth-order valence-corrected chi connectivity index (χ4v) is 7.47. The molecule has 58 heavy (non-hydrogen) atoms. The molecule has 0 unspecified atom stereocenters. The molecule has 4 aromatic heterocycles. The van der Waals surface area contributed by atoms with E-state index in [-0.39, 0.29) is 29.3 Å². The van der Waals surface area contributed by atoms with Crippen LogP contribution < -0.4 is 9.64 Å². The standard InChI is InChI=1S/C42H41N9O7/c1-25(2)31-22-32(34(53)23-33(31)52)38-46-47-41(54)51(38)28-10-8-26(9-11-28)24-48-13-15-50(16-14-48)42(55)57-29-6-3-5-27(21-29)37-44-35-30-7-4-12-43-40(30)58-36(35)39(45-37)49-17-19-56-20-18-49/h3-12,21-23,25,52-53H,13-20,24H2,1-2H3,(H,47,54). The van der Waals surface area contributed by atoms with E-state index in [9.17, 15) is 20.1 Å². The number of carbonyl (C=O) groups excluding carboxylic acids is 1. The third-order valence-corrected chi connectivity index (χ3v) is 10.6. The number of benzene rings is 3. The normalized spacial score (nSPS) is 15.2. The summed E-state index contributed by atoms with van der Waals surface area (Å²) >= 11 is 0. The Morgan fingerprint density at radius 2 is 1.66 bits per heavy atom. The Bertz CT molecular complexity index is 2630. The van der Waals surface area contributed by atoms with Gasteiger partial charge in [0, 0.05) is 63.6 Å². The Hall–Kier alpha value is -6.78. The van der Waals surface area contributed by atoms with Crippen molar-refractivity contribution in [1.82, 2.24) is 39.5 Å². The summed E-state index contributed by atoms with van der Waals surface area (Å²) in [5, 5.41) is 40.4. The van der Waals surface area contributed by atoms with E-state index < -0.39 is 6.09 Å². The number of phenols is 2. The van der Waals surface area contributed by atoms with Gasteiger partial charge in [0.2, 0.25) is 5.71 Å². The average Bonchev–Trinajstić information content (AvgIpc) is 3.81. The van der Waals surface area contributed by atoms with Crippen LogP contribution in [0.25, 0.3) is 50.7 Å². The van der Waals surface area contributed by atoms with E-state index in [0.29, 0.717) is 116 Å². The predicted octanol–water partition coefficient (Wildman–Crippen LogP) is 6.08. The van der Waals surface area contributed by atoms with E-state index in [2.05, 4.69) is 25.0 Å².